The van der Waals surface area contributed by atoms with Crippen molar-refractivity contribution in [3.63, 3.8) is 0 Å². The Kier molecular flexibility index (Phi) is 5.41. The maximum absolute atomic E-state index is 13.3. The minimum absolute atomic E-state index is 0.131. The van der Waals surface area contributed by atoms with Crippen LogP contribution in [0.3, 0.4) is 0 Å². The van der Waals surface area contributed by atoms with Gasteiger partial charge in [0.15, 0.2) is 0 Å². The predicted octanol–water partition coefficient (Wildman–Crippen LogP) is 6.23. The van der Waals surface area contributed by atoms with Crippen LogP contribution >= 0.6 is 11.6 Å². The smallest absolute Gasteiger partial charge is 0.267 e. The van der Waals surface area contributed by atoms with E-state index in [1.54, 1.807) is 0 Å². The van der Waals surface area contributed by atoms with Crippen LogP contribution in [0.2, 0.25) is 5.02 Å². The van der Waals surface area contributed by atoms with E-state index in [1.807, 2.05) is 104 Å². The van der Waals surface area contributed by atoms with E-state index in [4.69, 9.17) is 11.6 Å². The lowest BCUT2D eigenvalue weighted by Crippen LogP contribution is -2.21. The van der Waals surface area contributed by atoms with Crippen molar-refractivity contribution in [3.05, 3.63) is 113 Å². The highest BCUT2D eigenvalue weighted by Gasteiger charge is 2.31. The summed E-state index contributed by atoms with van der Waals surface area (Å²) in [6.07, 6.45) is 3.96. The normalized spacial score (nSPS) is 15.7. The summed E-state index contributed by atoms with van der Waals surface area (Å²) in [7, 11) is 0. The fourth-order valence-electron chi connectivity index (χ4n) is 3.26. The number of hydrogen-bond donors (Lipinski definition) is 0. The van der Waals surface area contributed by atoms with Crippen LogP contribution in [0.5, 0.6) is 0 Å². The van der Waals surface area contributed by atoms with Crippen LogP contribution in [-0.4, -0.2) is 11.6 Å². The van der Waals surface area contributed by atoms with Crippen LogP contribution < -0.4 is 5.01 Å². The van der Waals surface area contributed by atoms with Crippen molar-refractivity contribution in [2.45, 2.75) is 6.92 Å². The summed E-state index contributed by atoms with van der Waals surface area (Å²) in [4.78, 5) is 13.3. The third-order valence-corrected chi connectivity index (χ3v) is 4.94. The Morgan fingerprint density at radius 1 is 0.897 bits per heavy atom. The lowest BCUT2D eigenvalue weighted by atomic mass is 9.96. The summed E-state index contributed by atoms with van der Waals surface area (Å²) < 4.78 is 0. The third-order valence-electron chi connectivity index (χ3n) is 4.69. The molecule has 4 rings (SSSR count). The van der Waals surface area contributed by atoms with Crippen molar-refractivity contribution >= 4 is 40.6 Å². The van der Waals surface area contributed by atoms with E-state index in [1.165, 1.54) is 5.01 Å². The number of hydrogen-bond acceptors (Lipinski definition) is 2. The first-order chi connectivity index (χ1) is 14.1. The standard InChI is InChI=1S/C25H19ClN2O/c1-18-24(25(29)28(27-18)22-10-6-3-7-11-22)23(20-8-4-2-5-9-20)17-14-19-12-15-21(26)16-13-19/h2-17H,1H3/b17-14+,24-23-. The van der Waals surface area contributed by atoms with Gasteiger partial charge in [-0.25, -0.2) is 0 Å². The van der Waals surface area contributed by atoms with Gasteiger partial charge in [0, 0.05) is 5.02 Å². The molecular weight excluding hydrogens is 380 g/mol. The molecule has 0 saturated carbocycles. The summed E-state index contributed by atoms with van der Waals surface area (Å²) in [5, 5.41) is 6.68. The average molecular weight is 399 g/mol. The Balaban J connectivity index is 1.80. The molecule has 0 N–H and O–H groups in total. The lowest BCUT2D eigenvalue weighted by Gasteiger charge is -2.12. The van der Waals surface area contributed by atoms with Gasteiger partial charge in [-0.3, -0.25) is 4.79 Å². The van der Waals surface area contributed by atoms with Crippen molar-refractivity contribution in [2.24, 2.45) is 5.10 Å². The van der Waals surface area contributed by atoms with E-state index in [-0.39, 0.29) is 5.91 Å². The zero-order valence-corrected chi connectivity index (χ0v) is 16.7. The molecule has 0 bridgehead atoms. The van der Waals surface area contributed by atoms with E-state index >= 15 is 0 Å². The van der Waals surface area contributed by atoms with Crippen LogP contribution in [-0.2, 0) is 4.79 Å². The molecule has 142 valence electrons. The van der Waals surface area contributed by atoms with Gasteiger partial charge in [-0.15, -0.1) is 0 Å². The largest absolute Gasteiger partial charge is 0.281 e. The number of halogens is 1. The minimum Gasteiger partial charge on any atom is -0.267 e. The molecule has 0 fully saturated rings. The van der Waals surface area contributed by atoms with E-state index < -0.39 is 0 Å². The molecule has 3 aromatic rings. The number of nitrogens with zero attached hydrogens (tertiary/aromatic N) is 2. The van der Waals surface area contributed by atoms with Crippen LogP contribution in [0, 0.1) is 0 Å². The lowest BCUT2D eigenvalue weighted by molar-refractivity contribution is -0.114. The molecule has 1 aliphatic rings. The van der Waals surface area contributed by atoms with E-state index in [2.05, 4.69) is 5.10 Å². The molecule has 4 heteroatoms. The zero-order valence-electron chi connectivity index (χ0n) is 15.9. The fraction of sp³-hybridized carbons (Fsp3) is 0.0400. The Bertz CT molecular complexity index is 1110. The number of amides is 1. The van der Waals surface area contributed by atoms with Gasteiger partial charge in [-0.1, -0.05) is 84.4 Å². The highest BCUT2D eigenvalue weighted by molar-refractivity contribution is 6.34. The minimum atomic E-state index is -0.131. The van der Waals surface area contributed by atoms with Crippen molar-refractivity contribution in [1.82, 2.24) is 0 Å². The van der Waals surface area contributed by atoms with Crippen LogP contribution in [0.1, 0.15) is 18.1 Å². The molecule has 3 nitrogen and oxygen atoms in total. The summed E-state index contributed by atoms with van der Waals surface area (Å²) >= 11 is 5.99. The maximum Gasteiger partial charge on any atom is 0.281 e. The molecule has 0 unspecified atom stereocenters. The molecule has 1 amide bonds. The fourth-order valence-corrected chi connectivity index (χ4v) is 3.38. The second-order valence-corrected chi connectivity index (χ2v) is 7.11. The summed E-state index contributed by atoms with van der Waals surface area (Å²) in [6.45, 7) is 1.87. The number of rotatable bonds is 4. The molecule has 0 atom stereocenters. The molecule has 1 aliphatic heterocycles. The monoisotopic (exact) mass is 398 g/mol. The molecule has 0 spiro atoms. The Hall–Kier alpha value is -3.43. The molecule has 0 radical (unpaired) electrons. The highest BCUT2D eigenvalue weighted by Crippen LogP contribution is 2.30. The first-order valence-corrected chi connectivity index (χ1v) is 9.70. The van der Waals surface area contributed by atoms with Crippen molar-refractivity contribution in [2.75, 3.05) is 5.01 Å². The number of hydrazone groups is 1. The number of allylic oxidation sites excluding steroid dienone is 2. The zero-order chi connectivity index (χ0) is 20.2. The number of carbonyl (C=O) groups excluding carboxylic acids is 1. The summed E-state index contributed by atoms with van der Waals surface area (Å²) in [5.41, 5.74) is 4.85. The van der Waals surface area contributed by atoms with Gasteiger partial charge < -0.3 is 0 Å². The molecular formula is C25H19ClN2O. The quantitative estimate of drug-likeness (QED) is 0.479. The van der Waals surface area contributed by atoms with Gasteiger partial charge in [-0.05, 0) is 47.9 Å². The highest BCUT2D eigenvalue weighted by atomic mass is 35.5. The van der Waals surface area contributed by atoms with Crippen molar-refractivity contribution < 1.29 is 4.79 Å². The molecule has 3 aromatic carbocycles. The van der Waals surface area contributed by atoms with Crippen molar-refractivity contribution in [3.8, 4) is 0 Å². The van der Waals surface area contributed by atoms with Crippen molar-refractivity contribution in [1.29, 1.82) is 0 Å². The third kappa shape index (κ3) is 4.05. The number of anilines is 1. The molecule has 0 aromatic heterocycles. The van der Waals surface area contributed by atoms with E-state index in [9.17, 15) is 4.79 Å². The van der Waals surface area contributed by atoms with Gasteiger partial charge >= 0.3 is 0 Å². The summed E-state index contributed by atoms with van der Waals surface area (Å²) in [5.74, 6) is -0.131. The molecule has 29 heavy (non-hydrogen) atoms. The van der Waals surface area contributed by atoms with Gasteiger partial charge in [-0.2, -0.15) is 10.1 Å². The summed E-state index contributed by atoms with van der Waals surface area (Å²) in [6, 6.07) is 26.9. The van der Waals surface area contributed by atoms with E-state index in [0.29, 0.717) is 16.3 Å². The first-order valence-electron chi connectivity index (χ1n) is 9.32. The molecule has 0 aliphatic carbocycles. The number of para-hydroxylation sites is 1. The number of benzene rings is 3. The van der Waals surface area contributed by atoms with Gasteiger partial charge in [0.2, 0.25) is 0 Å². The average Bonchev–Trinajstić information content (AvgIpc) is 3.05. The van der Waals surface area contributed by atoms with Gasteiger partial charge in [0.1, 0.15) is 0 Å². The second-order valence-electron chi connectivity index (χ2n) is 6.68. The number of carbonyl (C=O) groups is 1. The first kappa shape index (κ1) is 18.9. The topological polar surface area (TPSA) is 32.7 Å². The Labute approximate surface area is 175 Å². The van der Waals surface area contributed by atoms with E-state index in [0.717, 1.165) is 22.4 Å². The van der Waals surface area contributed by atoms with Crippen LogP contribution in [0.15, 0.2) is 102 Å². The van der Waals surface area contributed by atoms with Crippen LogP contribution in [0.4, 0.5) is 5.69 Å². The predicted molar refractivity (Wildman–Crippen MR) is 121 cm³/mol. The van der Waals surface area contributed by atoms with Gasteiger partial charge in [0.05, 0.1) is 17.0 Å². The Morgan fingerprint density at radius 3 is 2.17 bits per heavy atom. The Morgan fingerprint density at radius 2 is 1.52 bits per heavy atom. The van der Waals surface area contributed by atoms with Crippen LogP contribution in [0.25, 0.3) is 11.6 Å². The molecule has 1 heterocycles. The SMILES string of the molecule is CC1=NN(c2ccccc2)C(=O)/C1=C(/C=C/c1ccc(Cl)cc1)c1ccccc1. The molecule has 0 saturated heterocycles. The maximum atomic E-state index is 13.3. The second kappa shape index (κ2) is 8.29. The van der Waals surface area contributed by atoms with Gasteiger partial charge in [0.25, 0.3) is 5.91 Å².